The van der Waals surface area contributed by atoms with E-state index < -0.39 is 0 Å². The van der Waals surface area contributed by atoms with Crippen LogP contribution in [0.3, 0.4) is 0 Å². The molecule has 0 spiro atoms. The zero-order chi connectivity index (χ0) is 15.1. The van der Waals surface area contributed by atoms with E-state index in [-0.39, 0.29) is 24.0 Å². The average molecular weight is 420 g/mol. The van der Waals surface area contributed by atoms with Crippen LogP contribution in [0.25, 0.3) is 0 Å². The summed E-state index contributed by atoms with van der Waals surface area (Å²) in [6.45, 7) is 9.39. The maximum absolute atomic E-state index is 4.36. The lowest BCUT2D eigenvalue weighted by Crippen LogP contribution is -2.47. The van der Waals surface area contributed by atoms with Crippen molar-refractivity contribution in [2.45, 2.75) is 45.6 Å². The van der Waals surface area contributed by atoms with E-state index in [1.165, 1.54) is 32.5 Å². The minimum atomic E-state index is 0. The summed E-state index contributed by atoms with van der Waals surface area (Å²) in [6, 6.07) is 0.528. The quantitative estimate of drug-likeness (QED) is 0.311. The van der Waals surface area contributed by atoms with Crippen molar-refractivity contribution in [2.75, 3.05) is 33.2 Å². The van der Waals surface area contributed by atoms with E-state index in [9.17, 15) is 0 Å². The maximum Gasteiger partial charge on any atom is 0.191 e. The predicted molar refractivity (Wildman–Crippen MR) is 106 cm³/mol. The van der Waals surface area contributed by atoms with E-state index in [0.717, 1.165) is 37.2 Å². The van der Waals surface area contributed by atoms with Gasteiger partial charge in [-0.3, -0.25) is 4.99 Å². The lowest BCUT2D eigenvalue weighted by Gasteiger charge is -2.34. The molecular formula is C17H33IN4. The Morgan fingerprint density at radius 3 is 2.68 bits per heavy atom. The van der Waals surface area contributed by atoms with Gasteiger partial charge in [0, 0.05) is 32.7 Å². The first-order valence-electron chi connectivity index (χ1n) is 8.52. The lowest BCUT2D eigenvalue weighted by atomic mass is 9.97. The Morgan fingerprint density at radius 1 is 1.32 bits per heavy atom. The van der Waals surface area contributed by atoms with Crippen LogP contribution >= 0.6 is 24.0 Å². The molecule has 2 aliphatic rings. The summed E-state index contributed by atoms with van der Waals surface area (Å²) >= 11 is 0. The second-order valence-electron chi connectivity index (χ2n) is 6.90. The molecule has 0 bridgehead atoms. The largest absolute Gasteiger partial charge is 0.356 e. The van der Waals surface area contributed by atoms with Crippen molar-refractivity contribution in [1.82, 2.24) is 15.5 Å². The van der Waals surface area contributed by atoms with Crippen LogP contribution in [0.1, 0.15) is 39.5 Å². The Kier molecular flexibility index (Phi) is 9.40. The number of piperidine rings is 1. The van der Waals surface area contributed by atoms with Crippen LogP contribution in [0.5, 0.6) is 0 Å². The number of rotatable bonds is 5. The summed E-state index contributed by atoms with van der Waals surface area (Å²) in [4.78, 5) is 6.98. The van der Waals surface area contributed by atoms with Crippen molar-refractivity contribution in [2.24, 2.45) is 16.8 Å². The molecule has 1 fully saturated rings. The molecule has 0 aromatic heterocycles. The van der Waals surface area contributed by atoms with Crippen molar-refractivity contribution in [3.05, 3.63) is 12.2 Å². The number of aliphatic imine (C=N–C) groups is 1. The number of likely N-dealkylation sites (tertiary alicyclic amines) is 1. The second kappa shape index (κ2) is 10.5. The van der Waals surface area contributed by atoms with Gasteiger partial charge in [-0.2, -0.15) is 0 Å². The Hall–Kier alpha value is -0.300. The topological polar surface area (TPSA) is 39.7 Å². The Balaban J connectivity index is 0.00000242. The molecule has 1 aliphatic carbocycles. The molecule has 5 heteroatoms. The first-order valence-corrected chi connectivity index (χ1v) is 8.52. The molecule has 0 aromatic rings. The van der Waals surface area contributed by atoms with Gasteiger partial charge in [0.1, 0.15) is 0 Å². The summed E-state index contributed by atoms with van der Waals surface area (Å²) < 4.78 is 0. The predicted octanol–water partition coefficient (Wildman–Crippen LogP) is 2.86. The maximum atomic E-state index is 4.36. The zero-order valence-electron chi connectivity index (χ0n) is 14.3. The SMILES string of the molecule is CN=C(NCC1CCCN(CC(C)C)C1)NC1CC=CC1.I. The molecule has 1 aliphatic heterocycles. The number of hydrogen-bond acceptors (Lipinski definition) is 2. The van der Waals surface area contributed by atoms with Gasteiger partial charge in [0.15, 0.2) is 5.96 Å². The number of nitrogens with zero attached hydrogens (tertiary/aromatic N) is 2. The first-order chi connectivity index (χ1) is 10.2. The fourth-order valence-corrected chi connectivity index (χ4v) is 3.36. The smallest absolute Gasteiger partial charge is 0.191 e. The van der Waals surface area contributed by atoms with Gasteiger partial charge >= 0.3 is 0 Å². The molecule has 4 nitrogen and oxygen atoms in total. The van der Waals surface area contributed by atoms with Crippen molar-refractivity contribution in [3.63, 3.8) is 0 Å². The number of guanidine groups is 1. The van der Waals surface area contributed by atoms with E-state index in [1.54, 1.807) is 0 Å². The molecule has 0 aromatic carbocycles. The van der Waals surface area contributed by atoms with Gasteiger partial charge < -0.3 is 15.5 Å². The standard InChI is InChI=1S/C17H32N4.HI/c1-14(2)12-21-10-6-7-15(13-21)11-19-17(18-3)20-16-8-4-5-9-16;/h4-5,14-16H,6-13H2,1-3H3,(H2,18,19,20);1H. The normalized spacial score (nSPS) is 23.6. The van der Waals surface area contributed by atoms with Gasteiger partial charge in [-0.05, 0) is 44.1 Å². The van der Waals surface area contributed by atoms with E-state index in [4.69, 9.17) is 0 Å². The summed E-state index contributed by atoms with van der Waals surface area (Å²) in [5, 5.41) is 7.04. The summed E-state index contributed by atoms with van der Waals surface area (Å²) in [5.41, 5.74) is 0. The third-order valence-corrected chi connectivity index (χ3v) is 4.36. The minimum Gasteiger partial charge on any atom is -0.356 e. The van der Waals surface area contributed by atoms with Gasteiger partial charge in [-0.1, -0.05) is 26.0 Å². The fraction of sp³-hybridized carbons (Fsp3) is 0.824. The van der Waals surface area contributed by atoms with Crippen molar-refractivity contribution in [1.29, 1.82) is 0 Å². The van der Waals surface area contributed by atoms with Crippen molar-refractivity contribution < 1.29 is 0 Å². The molecule has 0 saturated carbocycles. The Labute approximate surface area is 153 Å². The molecule has 1 unspecified atom stereocenters. The van der Waals surface area contributed by atoms with Crippen LogP contribution in [-0.2, 0) is 0 Å². The average Bonchev–Trinajstić information content (AvgIpc) is 2.96. The van der Waals surface area contributed by atoms with E-state index in [0.29, 0.717) is 6.04 Å². The van der Waals surface area contributed by atoms with E-state index >= 15 is 0 Å². The highest BCUT2D eigenvalue weighted by Gasteiger charge is 2.21. The second-order valence-corrected chi connectivity index (χ2v) is 6.90. The highest BCUT2D eigenvalue weighted by atomic mass is 127. The van der Waals surface area contributed by atoms with Crippen molar-refractivity contribution in [3.8, 4) is 0 Å². The summed E-state index contributed by atoms with van der Waals surface area (Å²) in [6.07, 6.45) is 9.39. The third-order valence-electron chi connectivity index (χ3n) is 4.36. The Morgan fingerprint density at radius 2 is 2.05 bits per heavy atom. The highest BCUT2D eigenvalue weighted by molar-refractivity contribution is 14.0. The molecular weight excluding hydrogens is 387 g/mol. The molecule has 128 valence electrons. The molecule has 2 N–H and O–H groups in total. The molecule has 1 saturated heterocycles. The molecule has 0 radical (unpaired) electrons. The zero-order valence-corrected chi connectivity index (χ0v) is 16.7. The molecule has 0 amide bonds. The van der Waals surface area contributed by atoms with Gasteiger partial charge in [0.2, 0.25) is 0 Å². The lowest BCUT2D eigenvalue weighted by molar-refractivity contribution is 0.159. The summed E-state index contributed by atoms with van der Waals surface area (Å²) in [5.74, 6) is 2.48. The number of nitrogens with one attached hydrogen (secondary N) is 2. The minimum absolute atomic E-state index is 0. The molecule has 2 rings (SSSR count). The molecule has 22 heavy (non-hydrogen) atoms. The van der Waals surface area contributed by atoms with Crippen molar-refractivity contribution >= 4 is 29.9 Å². The van der Waals surface area contributed by atoms with E-state index in [2.05, 4.69) is 46.5 Å². The van der Waals surface area contributed by atoms with Crippen LogP contribution in [0.4, 0.5) is 0 Å². The van der Waals surface area contributed by atoms with Crippen LogP contribution in [0.15, 0.2) is 17.1 Å². The van der Waals surface area contributed by atoms with Gasteiger partial charge in [-0.15, -0.1) is 24.0 Å². The van der Waals surface area contributed by atoms with E-state index in [1.807, 2.05) is 7.05 Å². The molecule has 1 heterocycles. The van der Waals surface area contributed by atoms with Crippen LogP contribution < -0.4 is 10.6 Å². The highest BCUT2D eigenvalue weighted by Crippen LogP contribution is 2.17. The van der Waals surface area contributed by atoms with Gasteiger partial charge in [0.25, 0.3) is 0 Å². The summed E-state index contributed by atoms with van der Waals surface area (Å²) in [7, 11) is 1.86. The van der Waals surface area contributed by atoms with Gasteiger partial charge in [0.05, 0.1) is 0 Å². The van der Waals surface area contributed by atoms with Crippen LogP contribution in [0.2, 0.25) is 0 Å². The number of halogens is 1. The number of hydrogen-bond donors (Lipinski definition) is 2. The van der Waals surface area contributed by atoms with Gasteiger partial charge in [-0.25, -0.2) is 0 Å². The Bertz CT molecular complexity index is 360. The molecule has 1 atom stereocenters. The monoisotopic (exact) mass is 420 g/mol. The first kappa shape index (κ1) is 19.7. The third kappa shape index (κ3) is 6.86. The fourth-order valence-electron chi connectivity index (χ4n) is 3.36. The van der Waals surface area contributed by atoms with Crippen LogP contribution in [0, 0.1) is 11.8 Å². The van der Waals surface area contributed by atoms with Crippen LogP contribution in [-0.4, -0.2) is 50.1 Å².